The van der Waals surface area contributed by atoms with Crippen molar-refractivity contribution in [1.82, 2.24) is 0 Å². The minimum atomic E-state index is -0.430. The Hall–Kier alpha value is -0.730. The van der Waals surface area contributed by atoms with Crippen molar-refractivity contribution in [2.75, 3.05) is 46.8 Å². The first kappa shape index (κ1) is 20.6. The molecule has 0 unspecified atom stereocenters. The molecule has 0 aliphatic carbocycles. The van der Waals surface area contributed by atoms with Crippen LogP contribution >= 0.6 is 0 Å². The normalized spacial score (nSPS) is 31.1. The van der Waals surface area contributed by atoms with Gasteiger partial charge in [0, 0.05) is 24.9 Å². The summed E-state index contributed by atoms with van der Waals surface area (Å²) in [6.45, 7) is 12.2. The van der Waals surface area contributed by atoms with E-state index in [4.69, 9.17) is 28.4 Å². The molecular weight excluding hydrogens is 328 g/mol. The maximum absolute atomic E-state index is 11.0. The fourth-order valence-electron chi connectivity index (χ4n) is 3.05. The number of methoxy groups -OCH3 is 1. The van der Waals surface area contributed by atoms with E-state index in [1.807, 2.05) is 13.8 Å². The summed E-state index contributed by atoms with van der Waals surface area (Å²) in [7, 11) is 1.67. The topological polar surface area (TPSA) is 72.5 Å². The molecule has 7 heteroatoms. The van der Waals surface area contributed by atoms with Gasteiger partial charge in [-0.15, -0.1) is 0 Å². The van der Waals surface area contributed by atoms with Crippen molar-refractivity contribution < 1.29 is 33.2 Å². The highest BCUT2D eigenvalue weighted by Crippen LogP contribution is 2.38. The molecule has 0 aromatic rings. The lowest BCUT2D eigenvalue weighted by Crippen LogP contribution is -2.57. The second kappa shape index (κ2) is 7.88. The monoisotopic (exact) mass is 360 g/mol. The van der Waals surface area contributed by atoms with Crippen LogP contribution < -0.4 is 0 Å². The molecule has 146 valence electrons. The number of rotatable bonds is 6. The Kier molecular flexibility index (Phi) is 6.49. The lowest BCUT2D eigenvalue weighted by atomic mass is 9.86. The van der Waals surface area contributed by atoms with E-state index in [0.717, 1.165) is 0 Å². The summed E-state index contributed by atoms with van der Waals surface area (Å²) in [5.74, 6) is -0.306. The van der Waals surface area contributed by atoms with Gasteiger partial charge >= 0.3 is 5.97 Å². The van der Waals surface area contributed by atoms with Gasteiger partial charge in [0.1, 0.15) is 6.61 Å². The molecule has 0 N–H and O–H groups in total. The van der Waals surface area contributed by atoms with E-state index in [0.29, 0.717) is 33.0 Å². The zero-order chi connectivity index (χ0) is 18.7. The van der Waals surface area contributed by atoms with Gasteiger partial charge in [0.25, 0.3) is 0 Å². The molecule has 0 amide bonds. The Balaban J connectivity index is 1.85. The Labute approximate surface area is 150 Å². The van der Waals surface area contributed by atoms with Gasteiger partial charge in [-0.3, -0.25) is 4.79 Å². The molecule has 25 heavy (non-hydrogen) atoms. The number of hydrogen-bond donors (Lipinski definition) is 0. The molecule has 2 heterocycles. The number of carbonyl (C=O) groups excluding carboxylic acids is 1. The Morgan fingerprint density at radius 1 is 0.920 bits per heavy atom. The van der Waals surface area contributed by atoms with Crippen molar-refractivity contribution in [3.8, 4) is 0 Å². The molecule has 0 aromatic carbocycles. The van der Waals surface area contributed by atoms with Crippen LogP contribution in [0.1, 0.15) is 34.6 Å². The SMILES string of the molecule is COCC(C)(C)C1OCC2(CO1)COC(C(C)(C)COC(C)=O)OC2. The van der Waals surface area contributed by atoms with E-state index in [2.05, 4.69) is 13.8 Å². The third kappa shape index (κ3) is 5.14. The molecule has 0 bridgehead atoms. The van der Waals surface area contributed by atoms with E-state index in [1.54, 1.807) is 7.11 Å². The molecular formula is C18H32O7. The van der Waals surface area contributed by atoms with Gasteiger partial charge in [0.2, 0.25) is 0 Å². The average Bonchev–Trinajstić information content (AvgIpc) is 2.54. The van der Waals surface area contributed by atoms with Crippen LogP contribution in [0.25, 0.3) is 0 Å². The third-order valence-corrected chi connectivity index (χ3v) is 4.60. The maximum Gasteiger partial charge on any atom is 0.302 e. The highest BCUT2D eigenvalue weighted by atomic mass is 16.7. The first-order chi connectivity index (χ1) is 11.6. The van der Waals surface area contributed by atoms with Crippen molar-refractivity contribution >= 4 is 5.97 Å². The summed E-state index contributed by atoms with van der Waals surface area (Å²) >= 11 is 0. The molecule has 1 spiro atoms. The molecule has 0 radical (unpaired) electrons. The van der Waals surface area contributed by atoms with Gasteiger partial charge in [-0.1, -0.05) is 27.7 Å². The summed E-state index contributed by atoms with van der Waals surface area (Å²) in [4.78, 5) is 11.0. The molecule has 2 aliphatic rings. The van der Waals surface area contributed by atoms with Crippen molar-refractivity contribution in [2.24, 2.45) is 16.2 Å². The first-order valence-corrected chi connectivity index (χ1v) is 8.69. The predicted molar refractivity (Wildman–Crippen MR) is 89.9 cm³/mol. The zero-order valence-electron chi connectivity index (χ0n) is 16.3. The summed E-state index contributed by atoms with van der Waals surface area (Å²) in [6.07, 6.45) is -0.740. The maximum atomic E-state index is 11.0. The standard InChI is InChI=1S/C18H32O7/c1-13(19)21-8-17(4,5)15-24-11-18(12-25-15)9-22-14(23-10-18)16(2,3)7-20-6/h14-15H,7-12H2,1-6H3. The summed E-state index contributed by atoms with van der Waals surface area (Å²) in [6, 6.07) is 0. The summed E-state index contributed by atoms with van der Waals surface area (Å²) in [5, 5.41) is 0. The molecule has 0 saturated carbocycles. The molecule has 0 atom stereocenters. The van der Waals surface area contributed by atoms with Crippen LogP contribution in [0.3, 0.4) is 0 Å². The number of hydrogen-bond acceptors (Lipinski definition) is 7. The van der Waals surface area contributed by atoms with Crippen LogP contribution in [0.2, 0.25) is 0 Å². The van der Waals surface area contributed by atoms with Crippen LogP contribution in [-0.4, -0.2) is 65.3 Å². The Bertz CT molecular complexity index is 442. The number of ether oxygens (including phenoxy) is 6. The zero-order valence-corrected chi connectivity index (χ0v) is 16.3. The van der Waals surface area contributed by atoms with Crippen molar-refractivity contribution in [2.45, 2.75) is 47.2 Å². The third-order valence-electron chi connectivity index (χ3n) is 4.60. The molecule has 2 aliphatic heterocycles. The predicted octanol–water partition coefficient (Wildman–Crippen LogP) is 1.98. The fraction of sp³-hybridized carbons (Fsp3) is 0.944. The molecule has 7 nitrogen and oxygen atoms in total. The quantitative estimate of drug-likeness (QED) is 0.671. The molecule has 2 saturated heterocycles. The van der Waals surface area contributed by atoms with Crippen LogP contribution in [0, 0.1) is 16.2 Å². The fourth-order valence-corrected chi connectivity index (χ4v) is 3.05. The number of esters is 1. The first-order valence-electron chi connectivity index (χ1n) is 8.69. The van der Waals surface area contributed by atoms with E-state index in [-0.39, 0.29) is 29.7 Å². The second-order valence-corrected chi connectivity index (χ2v) is 8.60. The van der Waals surface area contributed by atoms with Gasteiger partial charge in [0.15, 0.2) is 12.6 Å². The van der Waals surface area contributed by atoms with Gasteiger partial charge < -0.3 is 28.4 Å². The highest BCUT2D eigenvalue weighted by molar-refractivity contribution is 5.65. The van der Waals surface area contributed by atoms with Crippen molar-refractivity contribution in [3.05, 3.63) is 0 Å². The van der Waals surface area contributed by atoms with Crippen LogP contribution in [0.5, 0.6) is 0 Å². The van der Waals surface area contributed by atoms with Crippen molar-refractivity contribution in [3.63, 3.8) is 0 Å². The Morgan fingerprint density at radius 3 is 1.68 bits per heavy atom. The summed E-state index contributed by atoms with van der Waals surface area (Å²) < 4.78 is 34.1. The minimum absolute atomic E-state index is 0.221. The minimum Gasteiger partial charge on any atom is -0.465 e. The molecule has 0 aromatic heterocycles. The van der Waals surface area contributed by atoms with Gasteiger partial charge in [0.05, 0.1) is 38.4 Å². The highest BCUT2D eigenvalue weighted by Gasteiger charge is 2.47. The van der Waals surface area contributed by atoms with Gasteiger partial charge in [-0.05, 0) is 0 Å². The lowest BCUT2D eigenvalue weighted by molar-refractivity contribution is -0.337. The van der Waals surface area contributed by atoms with E-state index >= 15 is 0 Å². The largest absolute Gasteiger partial charge is 0.465 e. The average molecular weight is 360 g/mol. The lowest BCUT2D eigenvalue weighted by Gasteiger charge is -2.48. The van der Waals surface area contributed by atoms with Gasteiger partial charge in [-0.25, -0.2) is 0 Å². The van der Waals surface area contributed by atoms with Crippen LogP contribution in [0.15, 0.2) is 0 Å². The second-order valence-electron chi connectivity index (χ2n) is 8.60. The number of carbonyl (C=O) groups is 1. The van der Waals surface area contributed by atoms with Crippen LogP contribution in [0.4, 0.5) is 0 Å². The van der Waals surface area contributed by atoms with Crippen molar-refractivity contribution in [1.29, 1.82) is 0 Å². The van der Waals surface area contributed by atoms with E-state index in [9.17, 15) is 4.79 Å². The van der Waals surface area contributed by atoms with Gasteiger partial charge in [-0.2, -0.15) is 0 Å². The molecule has 2 rings (SSSR count). The summed E-state index contributed by atoms with van der Waals surface area (Å²) in [5.41, 5.74) is -0.943. The van der Waals surface area contributed by atoms with Crippen LogP contribution in [-0.2, 0) is 33.2 Å². The van der Waals surface area contributed by atoms with E-state index in [1.165, 1.54) is 6.92 Å². The van der Waals surface area contributed by atoms with E-state index < -0.39 is 11.7 Å². The Morgan fingerprint density at radius 2 is 1.32 bits per heavy atom. The smallest absolute Gasteiger partial charge is 0.302 e. The molecule has 2 fully saturated rings.